The largest absolute Gasteiger partial charge is 0.484 e. The maximum atomic E-state index is 13.0. The molecular formula is C21H27F3N4O3. The molecule has 1 atom stereocenters. The van der Waals surface area contributed by atoms with Gasteiger partial charge in [0.2, 0.25) is 0 Å². The smallest absolute Gasteiger partial charge is 0.420 e. The molecule has 1 amide bonds. The summed E-state index contributed by atoms with van der Waals surface area (Å²) in [6.45, 7) is 4.65. The lowest BCUT2D eigenvalue weighted by atomic mass is 10.2. The first-order valence-electron chi connectivity index (χ1n) is 10.0. The number of likely N-dealkylation sites (tertiary alicyclic amines) is 1. The van der Waals surface area contributed by atoms with Crippen molar-refractivity contribution in [2.75, 3.05) is 25.0 Å². The number of rotatable bonds is 6. The van der Waals surface area contributed by atoms with Gasteiger partial charge in [-0.1, -0.05) is 32.4 Å². The summed E-state index contributed by atoms with van der Waals surface area (Å²) in [5, 5.41) is 18.8. The molecular weight excluding hydrogens is 413 g/mol. The molecule has 2 N–H and O–H groups in total. The van der Waals surface area contributed by atoms with Crippen molar-refractivity contribution in [1.82, 2.24) is 15.1 Å². The van der Waals surface area contributed by atoms with E-state index in [0.717, 1.165) is 17.8 Å². The first kappa shape index (κ1) is 24.4. The highest BCUT2D eigenvalue weighted by Gasteiger charge is 2.36. The maximum Gasteiger partial charge on any atom is 0.420 e. The standard InChI is InChI=1S/C18H19F3N4O3.C3H8/c19-18(20,21)15-5-7-22-24-17(15)23-13-6-8-25(9-13)16(27)11-28-14-3-1-12(10-26)2-4-14;1-3-2/h1-5,7,13,26H,6,8-11H2,(H,23,24);3H2,1-2H3. The van der Waals surface area contributed by atoms with E-state index in [9.17, 15) is 18.0 Å². The van der Waals surface area contributed by atoms with Gasteiger partial charge in [-0.2, -0.15) is 18.3 Å². The monoisotopic (exact) mass is 440 g/mol. The zero-order chi connectivity index (χ0) is 22.9. The van der Waals surface area contributed by atoms with Gasteiger partial charge in [-0.05, 0) is 30.2 Å². The van der Waals surface area contributed by atoms with Gasteiger partial charge in [0.15, 0.2) is 12.4 Å². The van der Waals surface area contributed by atoms with Crippen molar-refractivity contribution in [1.29, 1.82) is 0 Å². The highest BCUT2D eigenvalue weighted by atomic mass is 19.4. The predicted molar refractivity (Wildman–Crippen MR) is 109 cm³/mol. The van der Waals surface area contributed by atoms with Gasteiger partial charge in [-0.15, -0.1) is 5.10 Å². The van der Waals surface area contributed by atoms with Crippen molar-refractivity contribution in [2.24, 2.45) is 0 Å². The number of aliphatic hydroxyl groups is 1. The van der Waals surface area contributed by atoms with Crippen LogP contribution in [0.25, 0.3) is 0 Å². The SMILES string of the molecule is CCC.O=C(COc1ccc(CO)cc1)N1CCC(Nc2nnccc2C(F)(F)F)C1. The van der Waals surface area contributed by atoms with Crippen molar-refractivity contribution >= 4 is 11.7 Å². The molecule has 10 heteroatoms. The number of anilines is 1. The number of hydrogen-bond donors (Lipinski definition) is 2. The molecule has 1 fully saturated rings. The number of carbonyl (C=O) groups excluding carboxylic acids is 1. The second-order valence-electron chi connectivity index (χ2n) is 7.06. The summed E-state index contributed by atoms with van der Waals surface area (Å²) in [7, 11) is 0. The second kappa shape index (κ2) is 11.5. The maximum absolute atomic E-state index is 13.0. The molecule has 1 aliphatic rings. The van der Waals surface area contributed by atoms with E-state index in [1.54, 1.807) is 24.3 Å². The topological polar surface area (TPSA) is 87.6 Å². The van der Waals surface area contributed by atoms with Gasteiger partial charge < -0.3 is 20.1 Å². The molecule has 0 aliphatic carbocycles. The van der Waals surface area contributed by atoms with Crippen LogP contribution in [0.15, 0.2) is 36.5 Å². The molecule has 2 heterocycles. The minimum absolute atomic E-state index is 0.0801. The third kappa shape index (κ3) is 7.39. The molecule has 0 spiro atoms. The average Bonchev–Trinajstić information content (AvgIpc) is 3.21. The summed E-state index contributed by atoms with van der Waals surface area (Å²) in [6, 6.07) is 7.19. The highest BCUT2D eigenvalue weighted by Crippen LogP contribution is 2.33. The van der Waals surface area contributed by atoms with Crippen LogP contribution in [0.1, 0.15) is 37.8 Å². The van der Waals surface area contributed by atoms with E-state index in [0.29, 0.717) is 18.7 Å². The number of ether oxygens (including phenoxy) is 1. The second-order valence-corrected chi connectivity index (χ2v) is 7.06. The van der Waals surface area contributed by atoms with Crippen LogP contribution in [-0.2, 0) is 17.6 Å². The van der Waals surface area contributed by atoms with Crippen LogP contribution in [0.3, 0.4) is 0 Å². The van der Waals surface area contributed by atoms with Crippen LogP contribution < -0.4 is 10.1 Å². The first-order chi connectivity index (χ1) is 14.8. The number of nitrogens with one attached hydrogen (secondary N) is 1. The van der Waals surface area contributed by atoms with Crippen LogP contribution in [-0.4, -0.2) is 51.8 Å². The summed E-state index contributed by atoms with van der Waals surface area (Å²) < 4.78 is 44.5. The Hall–Kier alpha value is -2.88. The molecule has 3 rings (SSSR count). The Morgan fingerprint density at radius 2 is 1.94 bits per heavy atom. The Bertz CT molecular complexity index is 831. The summed E-state index contributed by atoms with van der Waals surface area (Å²) in [4.78, 5) is 13.8. The molecule has 1 aromatic heterocycles. The van der Waals surface area contributed by atoms with Gasteiger partial charge in [-0.3, -0.25) is 4.79 Å². The molecule has 0 radical (unpaired) electrons. The molecule has 31 heavy (non-hydrogen) atoms. The van der Waals surface area contributed by atoms with E-state index in [-0.39, 0.29) is 37.5 Å². The summed E-state index contributed by atoms with van der Waals surface area (Å²) >= 11 is 0. The zero-order valence-corrected chi connectivity index (χ0v) is 17.5. The Balaban J connectivity index is 0.00000107. The zero-order valence-electron chi connectivity index (χ0n) is 17.5. The van der Waals surface area contributed by atoms with Crippen LogP contribution in [0.2, 0.25) is 0 Å². The summed E-state index contributed by atoms with van der Waals surface area (Å²) in [5.74, 6) is -0.103. The van der Waals surface area contributed by atoms with Crippen LogP contribution >= 0.6 is 0 Å². The lowest BCUT2D eigenvalue weighted by molar-refractivity contribution is -0.137. The highest BCUT2D eigenvalue weighted by molar-refractivity contribution is 5.78. The first-order valence-corrected chi connectivity index (χ1v) is 10.0. The van der Waals surface area contributed by atoms with Gasteiger partial charge in [0, 0.05) is 19.1 Å². The summed E-state index contributed by atoms with van der Waals surface area (Å²) in [5.41, 5.74) is -0.156. The molecule has 0 bridgehead atoms. The van der Waals surface area contributed by atoms with Crippen LogP contribution in [0.4, 0.5) is 19.0 Å². The molecule has 0 saturated carbocycles. The molecule has 1 unspecified atom stereocenters. The quantitative estimate of drug-likeness (QED) is 0.715. The number of nitrogens with zero attached hydrogens (tertiary/aromatic N) is 3. The number of benzene rings is 1. The molecule has 170 valence electrons. The summed E-state index contributed by atoms with van der Waals surface area (Å²) in [6.07, 6.45) is -1.81. The van der Waals surface area contributed by atoms with Crippen LogP contribution in [0, 0.1) is 0 Å². The number of hydrogen-bond acceptors (Lipinski definition) is 6. The normalized spacial score (nSPS) is 15.8. The minimum atomic E-state index is -4.54. The van der Waals surface area contributed by atoms with E-state index in [1.807, 2.05) is 0 Å². The molecule has 2 aromatic rings. The van der Waals surface area contributed by atoms with Crippen molar-refractivity contribution in [3.8, 4) is 5.75 Å². The Labute approximate surface area is 179 Å². The third-order valence-electron chi connectivity index (χ3n) is 4.38. The minimum Gasteiger partial charge on any atom is -0.484 e. The fourth-order valence-electron chi connectivity index (χ4n) is 2.89. The molecule has 7 nitrogen and oxygen atoms in total. The van der Waals surface area contributed by atoms with E-state index in [1.165, 1.54) is 11.3 Å². The Kier molecular flexibility index (Phi) is 9.04. The molecule has 1 saturated heterocycles. The average molecular weight is 440 g/mol. The fourth-order valence-corrected chi connectivity index (χ4v) is 2.89. The Morgan fingerprint density at radius 3 is 2.55 bits per heavy atom. The van der Waals surface area contributed by atoms with Gasteiger partial charge >= 0.3 is 6.18 Å². The van der Waals surface area contributed by atoms with Gasteiger partial charge in [-0.25, -0.2) is 0 Å². The van der Waals surface area contributed by atoms with Crippen molar-refractivity contribution < 1.29 is 27.8 Å². The van der Waals surface area contributed by atoms with E-state index >= 15 is 0 Å². The van der Waals surface area contributed by atoms with E-state index in [4.69, 9.17) is 9.84 Å². The third-order valence-corrected chi connectivity index (χ3v) is 4.38. The van der Waals surface area contributed by atoms with Crippen molar-refractivity contribution in [3.05, 3.63) is 47.7 Å². The van der Waals surface area contributed by atoms with Gasteiger partial charge in [0.1, 0.15) is 11.3 Å². The van der Waals surface area contributed by atoms with Gasteiger partial charge in [0.25, 0.3) is 5.91 Å². The number of halogens is 3. The lowest BCUT2D eigenvalue weighted by Gasteiger charge is -2.19. The number of aliphatic hydroxyl groups excluding tert-OH is 1. The Morgan fingerprint density at radius 1 is 1.26 bits per heavy atom. The lowest BCUT2D eigenvalue weighted by Crippen LogP contribution is -2.35. The van der Waals surface area contributed by atoms with Crippen LogP contribution in [0.5, 0.6) is 5.75 Å². The fraction of sp³-hybridized carbons (Fsp3) is 0.476. The number of alkyl halides is 3. The predicted octanol–water partition coefficient (Wildman–Crippen LogP) is 3.50. The molecule has 1 aliphatic heterocycles. The van der Waals surface area contributed by atoms with Crippen molar-refractivity contribution in [2.45, 2.75) is 45.5 Å². The molecule has 1 aromatic carbocycles. The number of amides is 1. The number of aromatic nitrogens is 2. The number of carbonyl (C=O) groups is 1. The van der Waals surface area contributed by atoms with Crippen molar-refractivity contribution in [3.63, 3.8) is 0 Å². The van der Waals surface area contributed by atoms with E-state index in [2.05, 4.69) is 29.4 Å². The van der Waals surface area contributed by atoms with E-state index < -0.39 is 11.7 Å². The van der Waals surface area contributed by atoms with Gasteiger partial charge in [0.05, 0.1) is 12.8 Å².